The maximum Gasteiger partial charge on any atom is 0.243 e. The van der Waals surface area contributed by atoms with Gasteiger partial charge in [-0.25, -0.2) is 21.9 Å². The van der Waals surface area contributed by atoms with Crippen LogP contribution < -0.4 is 4.72 Å². The molecule has 1 unspecified atom stereocenters. The Morgan fingerprint density at radius 2 is 1.90 bits per heavy atom. The van der Waals surface area contributed by atoms with Crippen LogP contribution in [0.15, 0.2) is 23.1 Å². The molecule has 0 amide bonds. The number of halogens is 2. The number of hydrogen-bond donors (Lipinski definition) is 2. The SMILES string of the molecule is CC(C)(C)C(O)CCNS(=O)(=O)c1cc(F)ccc1F. The Morgan fingerprint density at radius 3 is 2.45 bits per heavy atom. The van der Waals surface area contributed by atoms with Gasteiger partial charge in [-0.1, -0.05) is 20.8 Å². The van der Waals surface area contributed by atoms with Crippen molar-refractivity contribution in [3.63, 3.8) is 0 Å². The van der Waals surface area contributed by atoms with Gasteiger partial charge in [0.2, 0.25) is 10.0 Å². The summed E-state index contributed by atoms with van der Waals surface area (Å²) >= 11 is 0. The minimum absolute atomic E-state index is 0.0588. The van der Waals surface area contributed by atoms with E-state index < -0.39 is 32.7 Å². The molecule has 0 aliphatic heterocycles. The van der Waals surface area contributed by atoms with Crippen molar-refractivity contribution < 1.29 is 22.3 Å². The molecule has 114 valence electrons. The molecule has 0 fully saturated rings. The van der Waals surface area contributed by atoms with E-state index in [1.165, 1.54) is 0 Å². The van der Waals surface area contributed by atoms with E-state index in [4.69, 9.17) is 0 Å². The third-order valence-corrected chi connectivity index (χ3v) is 4.37. The number of hydrogen-bond acceptors (Lipinski definition) is 3. The van der Waals surface area contributed by atoms with Crippen LogP contribution in [0.25, 0.3) is 0 Å². The highest BCUT2D eigenvalue weighted by Crippen LogP contribution is 2.21. The molecule has 7 heteroatoms. The van der Waals surface area contributed by atoms with Crippen LogP contribution in [0.4, 0.5) is 8.78 Å². The van der Waals surface area contributed by atoms with Crippen molar-refractivity contribution in [3.8, 4) is 0 Å². The third-order valence-electron chi connectivity index (χ3n) is 2.89. The predicted octanol–water partition coefficient (Wildman–Crippen LogP) is 2.04. The largest absolute Gasteiger partial charge is 0.393 e. The zero-order chi connectivity index (χ0) is 15.6. The van der Waals surface area contributed by atoms with Gasteiger partial charge in [-0.3, -0.25) is 0 Å². The van der Waals surface area contributed by atoms with Gasteiger partial charge in [-0.05, 0) is 30.0 Å². The Hall–Kier alpha value is -1.05. The summed E-state index contributed by atoms with van der Waals surface area (Å²) in [5.41, 5.74) is -0.379. The number of aliphatic hydroxyl groups excluding tert-OH is 1. The topological polar surface area (TPSA) is 66.4 Å². The Balaban J connectivity index is 2.74. The first-order valence-corrected chi connectivity index (χ1v) is 7.65. The standard InChI is InChI=1S/C13H19F2NO3S/c1-13(2,3)12(17)6-7-16-20(18,19)11-8-9(14)4-5-10(11)15/h4-5,8,12,16-17H,6-7H2,1-3H3. The first kappa shape index (κ1) is 17.0. The molecule has 1 aromatic carbocycles. The lowest BCUT2D eigenvalue weighted by Crippen LogP contribution is -2.33. The molecular formula is C13H19F2NO3S. The van der Waals surface area contributed by atoms with Gasteiger partial charge in [-0.2, -0.15) is 0 Å². The van der Waals surface area contributed by atoms with E-state index in [1.54, 1.807) is 0 Å². The van der Waals surface area contributed by atoms with Gasteiger partial charge in [0.05, 0.1) is 6.10 Å². The predicted molar refractivity (Wildman–Crippen MR) is 71.6 cm³/mol. The maximum atomic E-state index is 13.4. The van der Waals surface area contributed by atoms with Crippen LogP contribution in [0.5, 0.6) is 0 Å². The zero-order valence-electron chi connectivity index (χ0n) is 11.7. The molecule has 0 bridgehead atoms. The Labute approximate surface area is 117 Å². The van der Waals surface area contributed by atoms with Crippen LogP contribution in [0.3, 0.4) is 0 Å². The molecule has 0 aromatic heterocycles. The van der Waals surface area contributed by atoms with E-state index in [2.05, 4.69) is 4.72 Å². The summed E-state index contributed by atoms with van der Waals surface area (Å²) in [4.78, 5) is -0.734. The summed E-state index contributed by atoms with van der Waals surface area (Å²) < 4.78 is 52.2. The molecular weight excluding hydrogens is 288 g/mol. The summed E-state index contributed by atoms with van der Waals surface area (Å²) in [6.07, 6.45) is -0.526. The Bertz CT molecular complexity index is 567. The van der Waals surface area contributed by atoms with E-state index in [-0.39, 0.29) is 18.4 Å². The van der Waals surface area contributed by atoms with E-state index in [0.717, 1.165) is 12.1 Å². The van der Waals surface area contributed by atoms with Gasteiger partial charge in [0.15, 0.2) is 0 Å². The fraction of sp³-hybridized carbons (Fsp3) is 0.538. The van der Waals surface area contributed by atoms with Crippen molar-refractivity contribution in [2.75, 3.05) is 6.54 Å². The van der Waals surface area contributed by atoms with Crippen molar-refractivity contribution in [3.05, 3.63) is 29.8 Å². The molecule has 0 radical (unpaired) electrons. The molecule has 20 heavy (non-hydrogen) atoms. The van der Waals surface area contributed by atoms with E-state index >= 15 is 0 Å². The van der Waals surface area contributed by atoms with Gasteiger partial charge < -0.3 is 5.11 Å². The fourth-order valence-electron chi connectivity index (χ4n) is 1.52. The number of rotatable bonds is 5. The van der Waals surface area contributed by atoms with Gasteiger partial charge in [0.1, 0.15) is 16.5 Å². The third kappa shape index (κ3) is 4.50. The van der Waals surface area contributed by atoms with Crippen molar-refractivity contribution in [2.24, 2.45) is 5.41 Å². The highest BCUT2D eigenvalue weighted by molar-refractivity contribution is 7.89. The molecule has 1 aromatic rings. The van der Waals surface area contributed by atoms with Crippen LogP contribution in [-0.2, 0) is 10.0 Å². The molecule has 0 aliphatic carbocycles. The summed E-state index contributed by atoms with van der Waals surface area (Å²) in [7, 11) is -4.13. The van der Waals surface area contributed by atoms with Crippen molar-refractivity contribution in [1.29, 1.82) is 0 Å². The van der Waals surface area contributed by atoms with E-state index in [0.29, 0.717) is 6.07 Å². The molecule has 1 atom stereocenters. The highest BCUT2D eigenvalue weighted by Gasteiger charge is 2.24. The average molecular weight is 307 g/mol. The van der Waals surface area contributed by atoms with Gasteiger partial charge in [0, 0.05) is 6.54 Å². The lowest BCUT2D eigenvalue weighted by atomic mass is 9.87. The van der Waals surface area contributed by atoms with Crippen molar-refractivity contribution in [1.82, 2.24) is 4.72 Å². The normalized spacial score (nSPS) is 14.3. The highest BCUT2D eigenvalue weighted by atomic mass is 32.2. The second-order valence-electron chi connectivity index (χ2n) is 5.64. The van der Waals surface area contributed by atoms with Gasteiger partial charge in [0.25, 0.3) is 0 Å². The quantitative estimate of drug-likeness (QED) is 0.875. The maximum absolute atomic E-state index is 13.4. The molecule has 0 heterocycles. The summed E-state index contributed by atoms with van der Waals surface area (Å²) in [6.45, 7) is 5.39. The number of benzene rings is 1. The first-order chi connectivity index (χ1) is 9.04. The van der Waals surface area contributed by atoms with Crippen LogP contribution in [0, 0.1) is 17.0 Å². The van der Waals surface area contributed by atoms with Crippen LogP contribution in [-0.4, -0.2) is 26.2 Å². The van der Waals surface area contributed by atoms with Gasteiger partial charge in [-0.15, -0.1) is 0 Å². The first-order valence-electron chi connectivity index (χ1n) is 6.17. The Kier molecular flexibility index (Phi) is 5.23. The average Bonchev–Trinajstić information content (AvgIpc) is 2.30. The molecule has 0 saturated carbocycles. The fourth-order valence-corrected chi connectivity index (χ4v) is 2.66. The molecule has 0 aliphatic rings. The lowest BCUT2D eigenvalue weighted by Gasteiger charge is -2.25. The molecule has 4 nitrogen and oxygen atoms in total. The second-order valence-corrected chi connectivity index (χ2v) is 7.38. The number of nitrogens with one attached hydrogen (secondary N) is 1. The molecule has 0 spiro atoms. The molecule has 1 rings (SSSR count). The second kappa shape index (κ2) is 6.15. The summed E-state index contributed by atoms with van der Waals surface area (Å²) in [6, 6.07) is 2.23. The Morgan fingerprint density at radius 1 is 1.30 bits per heavy atom. The van der Waals surface area contributed by atoms with Crippen molar-refractivity contribution >= 4 is 10.0 Å². The van der Waals surface area contributed by atoms with Crippen LogP contribution in [0.1, 0.15) is 27.2 Å². The summed E-state index contributed by atoms with van der Waals surface area (Å²) in [5, 5.41) is 9.78. The van der Waals surface area contributed by atoms with Gasteiger partial charge >= 0.3 is 0 Å². The molecule has 0 saturated heterocycles. The minimum Gasteiger partial charge on any atom is -0.393 e. The number of aliphatic hydroxyl groups is 1. The van der Waals surface area contributed by atoms with E-state index in [1.807, 2.05) is 20.8 Å². The van der Waals surface area contributed by atoms with Crippen molar-refractivity contribution in [2.45, 2.75) is 38.2 Å². The smallest absolute Gasteiger partial charge is 0.243 e. The minimum atomic E-state index is -4.13. The zero-order valence-corrected chi connectivity index (χ0v) is 12.5. The van der Waals surface area contributed by atoms with E-state index in [9.17, 15) is 22.3 Å². The molecule has 2 N–H and O–H groups in total. The van der Waals surface area contributed by atoms with Crippen LogP contribution >= 0.6 is 0 Å². The number of sulfonamides is 1. The van der Waals surface area contributed by atoms with Crippen LogP contribution in [0.2, 0.25) is 0 Å². The lowest BCUT2D eigenvalue weighted by molar-refractivity contribution is 0.0571. The monoisotopic (exact) mass is 307 g/mol. The summed E-state index contributed by atoms with van der Waals surface area (Å²) in [5.74, 6) is -1.85.